The summed E-state index contributed by atoms with van der Waals surface area (Å²) in [6.07, 6.45) is 4.75. The lowest BCUT2D eigenvalue weighted by atomic mass is 10.1. The van der Waals surface area contributed by atoms with Gasteiger partial charge in [0.05, 0.1) is 0 Å². The average molecular weight is 237 g/mol. The van der Waals surface area contributed by atoms with Gasteiger partial charge in [0.1, 0.15) is 0 Å². The first kappa shape index (κ1) is 11.1. The topological polar surface area (TPSA) is 36.0 Å². The lowest BCUT2D eigenvalue weighted by Crippen LogP contribution is -1.76. The number of aromatic amines is 1. The fourth-order valence-corrected chi connectivity index (χ4v) is 2.26. The maximum absolute atomic E-state index is 8.77. The Labute approximate surface area is 106 Å². The molecule has 2 aromatic carbocycles. The number of aliphatic hydroxyl groups is 1. The van der Waals surface area contributed by atoms with Gasteiger partial charge in [-0.25, -0.2) is 0 Å². The number of benzene rings is 2. The maximum atomic E-state index is 8.77. The van der Waals surface area contributed by atoms with Gasteiger partial charge in [-0.2, -0.15) is 0 Å². The van der Waals surface area contributed by atoms with E-state index in [4.69, 9.17) is 5.11 Å². The fourth-order valence-electron chi connectivity index (χ4n) is 2.26. The summed E-state index contributed by atoms with van der Waals surface area (Å²) >= 11 is 0. The van der Waals surface area contributed by atoms with Crippen molar-refractivity contribution in [3.63, 3.8) is 0 Å². The molecule has 3 rings (SSSR count). The van der Waals surface area contributed by atoms with Gasteiger partial charge in [0.15, 0.2) is 0 Å². The summed E-state index contributed by atoms with van der Waals surface area (Å²) in [5.74, 6) is 0. The number of H-pyrrole nitrogens is 1. The number of hydrogen-bond acceptors (Lipinski definition) is 1. The van der Waals surface area contributed by atoms with Crippen LogP contribution in [-0.4, -0.2) is 16.7 Å². The summed E-state index contributed by atoms with van der Waals surface area (Å²) in [4.78, 5) is 3.41. The second-order valence-electron chi connectivity index (χ2n) is 4.39. The van der Waals surface area contributed by atoms with Crippen molar-refractivity contribution in [3.8, 4) is 0 Å². The molecule has 1 heterocycles. The van der Waals surface area contributed by atoms with E-state index in [1.807, 2.05) is 12.1 Å². The van der Waals surface area contributed by atoms with Crippen LogP contribution >= 0.6 is 0 Å². The first-order valence-electron chi connectivity index (χ1n) is 6.16. The Morgan fingerprint density at radius 1 is 1.00 bits per heavy atom. The summed E-state index contributed by atoms with van der Waals surface area (Å²) in [6, 6.07) is 14.7. The molecule has 0 bridgehead atoms. The SMILES string of the molecule is OCCC=Cc1ccc2[nH]c3ccccc3c2c1. The summed E-state index contributed by atoms with van der Waals surface area (Å²) in [7, 11) is 0. The zero-order valence-electron chi connectivity index (χ0n) is 10.1. The molecule has 0 aliphatic carbocycles. The largest absolute Gasteiger partial charge is 0.396 e. The van der Waals surface area contributed by atoms with Crippen LogP contribution in [-0.2, 0) is 0 Å². The molecule has 0 aliphatic rings. The van der Waals surface area contributed by atoms with Gasteiger partial charge in [0.2, 0.25) is 0 Å². The number of aliphatic hydroxyl groups excluding tert-OH is 1. The zero-order chi connectivity index (χ0) is 12.4. The van der Waals surface area contributed by atoms with Crippen LogP contribution in [0.3, 0.4) is 0 Å². The van der Waals surface area contributed by atoms with Gasteiger partial charge in [-0.15, -0.1) is 0 Å². The normalized spacial score (nSPS) is 11.8. The minimum absolute atomic E-state index is 0.200. The third-order valence-electron chi connectivity index (χ3n) is 3.14. The molecule has 90 valence electrons. The van der Waals surface area contributed by atoms with Crippen molar-refractivity contribution in [2.24, 2.45) is 0 Å². The van der Waals surface area contributed by atoms with E-state index in [0.29, 0.717) is 6.42 Å². The van der Waals surface area contributed by atoms with Crippen LogP contribution in [0.1, 0.15) is 12.0 Å². The number of para-hydroxylation sites is 1. The molecule has 0 spiro atoms. The minimum atomic E-state index is 0.200. The molecule has 2 nitrogen and oxygen atoms in total. The molecule has 3 aromatic rings. The van der Waals surface area contributed by atoms with Gasteiger partial charge in [-0.3, -0.25) is 0 Å². The molecule has 2 N–H and O–H groups in total. The summed E-state index contributed by atoms with van der Waals surface area (Å²) < 4.78 is 0. The Kier molecular flexibility index (Phi) is 2.87. The molecule has 0 atom stereocenters. The van der Waals surface area contributed by atoms with Crippen molar-refractivity contribution in [1.29, 1.82) is 0 Å². The van der Waals surface area contributed by atoms with Gasteiger partial charge < -0.3 is 10.1 Å². The number of fused-ring (bicyclic) bond motifs is 3. The third kappa shape index (κ3) is 1.91. The molecule has 0 amide bonds. The van der Waals surface area contributed by atoms with E-state index in [9.17, 15) is 0 Å². The van der Waals surface area contributed by atoms with Crippen molar-refractivity contribution in [2.75, 3.05) is 6.61 Å². The van der Waals surface area contributed by atoms with Crippen LogP contribution in [0.5, 0.6) is 0 Å². The van der Waals surface area contributed by atoms with E-state index in [0.717, 1.165) is 5.52 Å². The number of nitrogens with one attached hydrogen (secondary N) is 1. The Hall–Kier alpha value is -2.06. The van der Waals surface area contributed by atoms with E-state index in [-0.39, 0.29) is 6.61 Å². The highest BCUT2D eigenvalue weighted by Gasteiger charge is 2.02. The standard InChI is InChI=1S/C16H15NO/c18-10-4-3-5-12-8-9-16-14(11-12)13-6-1-2-7-15(13)17-16/h1-3,5-9,11,17-18H,4,10H2. The quantitative estimate of drug-likeness (QED) is 0.715. The second kappa shape index (κ2) is 4.67. The van der Waals surface area contributed by atoms with Gasteiger partial charge in [0, 0.05) is 28.4 Å². The van der Waals surface area contributed by atoms with Crippen LogP contribution in [0, 0.1) is 0 Å². The Bertz CT molecular complexity index is 709. The predicted molar refractivity (Wildman–Crippen MR) is 76.5 cm³/mol. The molecule has 0 radical (unpaired) electrons. The zero-order valence-corrected chi connectivity index (χ0v) is 10.1. The van der Waals surface area contributed by atoms with Gasteiger partial charge in [-0.05, 0) is 30.2 Å². The molecule has 0 aliphatic heterocycles. The predicted octanol–water partition coefficient (Wildman–Crippen LogP) is 3.72. The highest BCUT2D eigenvalue weighted by molar-refractivity contribution is 6.07. The first-order valence-corrected chi connectivity index (χ1v) is 6.16. The van der Waals surface area contributed by atoms with Crippen molar-refractivity contribution >= 4 is 27.9 Å². The molecule has 2 heteroatoms. The van der Waals surface area contributed by atoms with E-state index in [1.165, 1.54) is 21.9 Å². The third-order valence-corrected chi connectivity index (χ3v) is 3.14. The highest BCUT2D eigenvalue weighted by Crippen LogP contribution is 2.26. The summed E-state index contributed by atoms with van der Waals surface area (Å²) in [6.45, 7) is 0.200. The number of aromatic nitrogens is 1. The monoisotopic (exact) mass is 237 g/mol. The van der Waals surface area contributed by atoms with Gasteiger partial charge in [-0.1, -0.05) is 36.4 Å². The Morgan fingerprint density at radius 3 is 2.72 bits per heavy atom. The maximum Gasteiger partial charge on any atom is 0.0465 e. The average Bonchev–Trinajstić information content (AvgIpc) is 2.77. The van der Waals surface area contributed by atoms with Crippen LogP contribution in [0.2, 0.25) is 0 Å². The fraction of sp³-hybridized carbons (Fsp3) is 0.125. The lowest BCUT2D eigenvalue weighted by Gasteiger charge is -1.95. The number of hydrogen-bond donors (Lipinski definition) is 2. The summed E-state index contributed by atoms with van der Waals surface area (Å²) in [5, 5.41) is 11.3. The van der Waals surface area contributed by atoms with Crippen LogP contribution in [0.15, 0.2) is 48.5 Å². The van der Waals surface area contributed by atoms with Crippen LogP contribution in [0.4, 0.5) is 0 Å². The molecule has 18 heavy (non-hydrogen) atoms. The molecule has 0 unspecified atom stereocenters. The molecule has 0 saturated carbocycles. The Balaban J connectivity index is 2.12. The van der Waals surface area contributed by atoms with Crippen molar-refractivity contribution < 1.29 is 5.11 Å². The van der Waals surface area contributed by atoms with Crippen molar-refractivity contribution in [1.82, 2.24) is 4.98 Å². The first-order chi connectivity index (χ1) is 8.88. The second-order valence-corrected chi connectivity index (χ2v) is 4.39. The molecular formula is C16H15NO. The summed E-state index contributed by atoms with van der Waals surface area (Å²) in [5.41, 5.74) is 3.50. The van der Waals surface area contributed by atoms with Crippen LogP contribution in [0.25, 0.3) is 27.9 Å². The Morgan fingerprint density at radius 2 is 1.83 bits per heavy atom. The van der Waals surface area contributed by atoms with Crippen molar-refractivity contribution in [2.45, 2.75) is 6.42 Å². The van der Waals surface area contributed by atoms with E-state index in [1.54, 1.807) is 0 Å². The smallest absolute Gasteiger partial charge is 0.0465 e. The van der Waals surface area contributed by atoms with Crippen molar-refractivity contribution in [3.05, 3.63) is 54.1 Å². The van der Waals surface area contributed by atoms with E-state index < -0.39 is 0 Å². The lowest BCUT2D eigenvalue weighted by molar-refractivity contribution is 0.303. The molecule has 0 fully saturated rings. The van der Waals surface area contributed by atoms with E-state index in [2.05, 4.69) is 47.5 Å². The molecular weight excluding hydrogens is 222 g/mol. The molecule has 0 saturated heterocycles. The molecule has 1 aromatic heterocycles. The van der Waals surface area contributed by atoms with Gasteiger partial charge in [0.25, 0.3) is 0 Å². The number of rotatable bonds is 3. The van der Waals surface area contributed by atoms with Crippen LogP contribution < -0.4 is 0 Å². The van der Waals surface area contributed by atoms with E-state index >= 15 is 0 Å². The minimum Gasteiger partial charge on any atom is -0.396 e. The van der Waals surface area contributed by atoms with Gasteiger partial charge >= 0.3 is 0 Å². The highest BCUT2D eigenvalue weighted by atomic mass is 16.2.